The second-order valence-corrected chi connectivity index (χ2v) is 9.56. The first-order chi connectivity index (χ1) is 13.1. The van der Waals surface area contributed by atoms with Crippen molar-refractivity contribution in [1.82, 2.24) is 0 Å². The first-order valence-electron chi connectivity index (χ1n) is 10.0. The Morgan fingerprint density at radius 2 is 1.39 bits per heavy atom. The Hall–Kier alpha value is -2.61. The molecule has 0 fully saturated rings. The lowest BCUT2D eigenvalue weighted by Gasteiger charge is -2.42. The summed E-state index contributed by atoms with van der Waals surface area (Å²) in [5, 5.41) is 11.2. The molecule has 4 rings (SSSR count). The van der Waals surface area contributed by atoms with Gasteiger partial charge in [-0.3, -0.25) is 0 Å². The highest BCUT2D eigenvalue weighted by atomic mass is 16.4. The van der Waals surface area contributed by atoms with Gasteiger partial charge in [0.2, 0.25) is 0 Å². The second-order valence-electron chi connectivity index (χ2n) is 9.56. The quantitative estimate of drug-likeness (QED) is 0.533. The van der Waals surface area contributed by atoms with E-state index in [4.69, 9.17) is 0 Å². The molecule has 0 spiro atoms. The third-order valence-corrected chi connectivity index (χ3v) is 6.60. The van der Waals surface area contributed by atoms with Crippen molar-refractivity contribution in [2.75, 3.05) is 0 Å². The molecule has 1 aliphatic rings. The maximum absolute atomic E-state index is 11.2. The van der Waals surface area contributed by atoms with Crippen LogP contribution in [0.5, 0.6) is 0 Å². The molecule has 0 unspecified atom stereocenters. The molecule has 0 amide bonds. The average Bonchev–Trinajstić information content (AvgIpc) is 2.64. The fourth-order valence-electron chi connectivity index (χ4n) is 4.58. The van der Waals surface area contributed by atoms with Gasteiger partial charge in [0.15, 0.2) is 0 Å². The zero-order valence-electron chi connectivity index (χ0n) is 17.4. The highest BCUT2D eigenvalue weighted by Crippen LogP contribution is 2.47. The van der Waals surface area contributed by atoms with Crippen molar-refractivity contribution in [3.05, 3.63) is 70.8 Å². The number of hydrogen-bond donors (Lipinski definition) is 1. The van der Waals surface area contributed by atoms with Crippen LogP contribution in [0.3, 0.4) is 0 Å². The van der Waals surface area contributed by atoms with Crippen molar-refractivity contribution < 1.29 is 9.90 Å². The molecule has 0 heterocycles. The Labute approximate surface area is 167 Å². The highest BCUT2D eigenvalue weighted by molar-refractivity contribution is 5.95. The molecule has 0 aromatic heterocycles. The Balaban J connectivity index is 1.88. The largest absolute Gasteiger partial charge is 0.478 e. The number of fused-ring (bicyclic) bond motifs is 2. The summed E-state index contributed by atoms with van der Waals surface area (Å²) in [6, 6.07) is 16.4. The Morgan fingerprint density at radius 3 is 2.04 bits per heavy atom. The number of carbonyl (C=O) groups is 1. The van der Waals surface area contributed by atoms with Crippen molar-refractivity contribution in [2.45, 2.75) is 58.3 Å². The lowest BCUT2D eigenvalue weighted by molar-refractivity contribution is 0.0697. The molecule has 28 heavy (non-hydrogen) atoms. The number of carboxylic acids is 1. The number of benzene rings is 3. The number of carboxylic acid groups (broad SMARTS) is 1. The molecule has 2 heteroatoms. The van der Waals surface area contributed by atoms with E-state index in [1.54, 1.807) is 12.1 Å². The number of aryl methyl sites for hydroxylation is 1. The minimum Gasteiger partial charge on any atom is -0.478 e. The van der Waals surface area contributed by atoms with Gasteiger partial charge in [0, 0.05) is 0 Å². The van der Waals surface area contributed by atoms with Crippen molar-refractivity contribution in [1.29, 1.82) is 0 Å². The zero-order chi connectivity index (χ0) is 20.3. The van der Waals surface area contributed by atoms with E-state index in [2.05, 4.69) is 58.9 Å². The smallest absolute Gasteiger partial charge is 0.335 e. The molecule has 0 atom stereocenters. The van der Waals surface area contributed by atoms with Crippen LogP contribution in [0.4, 0.5) is 0 Å². The van der Waals surface area contributed by atoms with Crippen molar-refractivity contribution >= 4 is 16.7 Å². The summed E-state index contributed by atoms with van der Waals surface area (Å²) in [7, 11) is 0. The van der Waals surface area contributed by atoms with E-state index in [1.165, 1.54) is 40.7 Å². The van der Waals surface area contributed by atoms with Gasteiger partial charge in [-0.1, -0.05) is 58.0 Å². The van der Waals surface area contributed by atoms with Crippen LogP contribution in [-0.2, 0) is 10.8 Å². The summed E-state index contributed by atoms with van der Waals surface area (Å²) in [5.41, 5.74) is 7.43. The molecule has 0 bridgehead atoms. The zero-order valence-corrected chi connectivity index (χ0v) is 17.4. The summed E-state index contributed by atoms with van der Waals surface area (Å²) in [6.07, 6.45) is 2.42. The molecular weight excluding hydrogens is 344 g/mol. The molecule has 0 saturated heterocycles. The summed E-state index contributed by atoms with van der Waals surface area (Å²) >= 11 is 0. The summed E-state index contributed by atoms with van der Waals surface area (Å²) in [4.78, 5) is 11.2. The fourth-order valence-corrected chi connectivity index (χ4v) is 4.58. The van der Waals surface area contributed by atoms with Crippen molar-refractivity contribution in [3.8, 4) is 11.1 Å². The van der Waals surface area contributed by atoms with Gasteiger partial charge in [-0.25, -0.2) is 4.79 Å². The van der Waals surface area contributed by atoms with Gasteiger partial charge in [0.25, 0.3) is 0 Å². The van der Waals surface area contributed by atoms with Crippen molar-refractivity contribution in [3.63, 3.8) is 0 Å². The van der Waals surface area contributed by atoms with Crippen LogP contribution in [0, 0.1) is 6.92 Å². The van der Waals surface area contributed by atoms with Gasteiger partial charge in [-0.2, -0.15) is 0 Å². The van der Waals surface area contributed by atoms with Gasteiger partial charge >= 0.3 is 5.97 Å². The second kappa shape index (κ2) is 6.20. The lowest BCUT2D eigenvalue weighted by Crippen LogP contribution is -2.34. The molecule has 0 radical (unpaired) electrons. The summed E-state index contributed by atoms with van der Waals surface area (Å²) in [5.74, 6) is -0.888. The highest BCUT2D eigenvalue weighted by Gasteiger charge is 2.37. The van der Waals surface area contributed by atoms with Gasteiger partial charge < -0.3 is 5.11 Å². The molecule has 3 aromatic carbocycles. The molecule has 144 valence electrons. The Bertz CT molecular complexity index is 1100. The van der Waals surface area contributed by atoms with Gasteiger partial charge in [-0.05, 0) is 87.4 Å². The normalized spacial score (nSPS) is 17.3. The molecule has 0 aliphatic heterocycles. The molecule has 0 saturated carbocycles. The van der Waals surface area contributed by atoms with Crippen LogP contribution in [0.1, 0.15) is 67.6 Å². The monoisotopic (exact) mass is 372 g/mol. The number of aromatic carboxylic acids is 1. The molecule has 1 N–H and O–H groups in total. The molecule has 3 aromatic rings. The van der Waals surface area contributed by atoms with Crippen LogP contribution in [0.15, 0.2) is 48.5 Å². The SMILES string of the molecule is Cc1cc2c(cc1-c1ccc3cc(C(=O)O)ccc3c1)C(C)(C)CCC2(C)C. The van der Waals surface area contributed by atoms with Gasteiger partial charge in [0.1, 0.15) is 0 Å². The van der Waals surface area contributed by atoms with Crippen LogP contribution in [0.25, 0.3) is 21.9 Å². The van der Waals surface area contributed by atoms with E-state index >= 15 is 0 Å². The van der Waals surface area contributed by atoms with E-state index in [1.807, 2.05) is 12.1 Å². The third-order valence-electron chi connectivity index (χ3n) is 6.60. The van der Waals surface area contributed by atoms with E-state index < -0.39 is 5.97 Å². The minimum absolute atomic E-state index is 0.181. The summed E-state index contributed by atoms with van der Waals surface area (Å²) in [6.45, 7) is 11.6. The molecule has 2 nitrogen and oxygen atoms in total. The van der Waals surface area contributed by atoms with E-state index in [0.29, 0.717) is 5.56 Å². The fraction of sp³-hybridized carbons (Fsp3) is 0.346. The first-order valence-corrected chi connectivity index (χ1v) is 10.0. The lowest BCUT2D eigenvalue weighted by atomic mass is 9.62. The van der Waals surface area contributed by atoms with Crippen LogP contribution in [-0.4, -0.2) is 11.1 Å². The van der Waals surface area contributed by atoms with Crippen LogP contribution in [0.2, 0.25) is 0 Å². The topological polar surface area (TPSA) is 37.3 Å². The minimum atomic E-state index is -0.888. The van der Waals surface area contributed by atoms with E-state index in [9.17, 15) is 9.90 Å². The van der Waals surface area contributed by atoms with E-state index in [0.717, 1.165) is 10.8 Å². The third kappa shape index (κ3) is 3.01. The first kappa shape index (κ1) is 18.7. The standard InChI is InChI=1S/C26H28O2/c1-16-12-22-23(26(4,5)11-10-25(22,2)3)15-21(16)19-8-6-18-14-20(24(27)28)9-7-17(18)13-19/h6-9,12-15H,10-11H2,1-5H3,(H,27,28). The van der Waals surface area contributed by atoms with Crippen LogP contribution < -0.4 is 0 Å². The number of rotatable bonds is 2. The molecular formula is C26H28O2. The number of hydrogen-bond acceptors (Lipinski definition) is 1. The predicted molar refractivity (Wildman–Crippen MR) is 116 cm³/mol. The van der Waals surface area contributed by atoms with Crippen molar-refractivity contribution in [2.24, 2.45) is 0 Å². The molecule has 1 aliphatic carbocycles. The predicted octanol–water partition coefficient (Wildman–Crippen LogP) is 6.86. The summed E-state index contributed by atoms with van der Waals surface area (Å²) < 4.78 is 0. The van der Waals surface area contributed by atoms with Gasteiger partial charge in [0.05, 0.1) is 5.56 Å². The maximum atomic E-state index is 11.2. The average molecular weight is 373 g/mol. The maximum Gasteiger partial charge on any atom is 0.335 e. The van der Waals surface area contributed by atoms with E-state index in [-0.39, 0.29) is 10.8 Å². The van der Waals surface area contributed by atoms with Gasteiger partial charge in [-0.15, -0.1) is 0 Å². The Morgan fingerprint density at radius 1 is 0.821 bits per heavy atom. The Kier molecular flexibility index (Phi) is 4.15. The van der Waals surface area contributed by atoms with Crippen LogP contribution >= 0.6 is 0 Å².